The lowest BCUT2D eigenvalue weighted by Crippen LogP contribution is -2.13. The molecule has 90 valence electrons. The van der Waals surface area contributed by atoms with Gasteiger partial charge in [0.15, 0.2) is 0 Å². The summed E-state index contributed by atoms with van der Waals surface area (Å²) in [6.07, 6.45) is 3.59. The van der Waals surface area contributed by atoms with E-state index < -0.39 is 0 Å². The number of hydrogen-bond donors (Lipinski definition) is 1. The Morgan fingerprint density at radius 1 is 1.17 bits per heavy atom. The van der Waals surface area contributed by atoms with E-state index in [1.165, 1.54) is 11.1 Å². The van der Waals surface area contributed by atoms with Crippen LogP contribution in [0.5, 0.6) is 0 Å². The number of rotatable bonds is 4. The van der Waals surface area contributed by atoms with E-state index in [9.17, 15) is 0 Å². The van der Waals surface area contributed by atoms with Gasteiger partial charge in [0.1, 0.15) is 0 Å². The molecule has 1 heterocycles. The molecular weight excluding hydrogens is 222 g/mol. The molecule has 1 N–H and O–H groups in total. The van der Waals surface area contributed by atoms with Crippen molar-refractivity contribution in [3.8, 4) is 6.07 Å². The second-order valence-corrected chi connectivity index (χ2v) is 4.21. The molecule has 0 aliphatic heterocycles. The molecular formula is C15H15N3. The molecule has 1 aromatic carbocycles. The van der Waals surface area contributed by atoms with Gasteiger partial charge in [0, 0.05) is 25.5 Å². The predicted octanol–water partition coefficient (Wildman–Crippen LogP) is 2.55. The van der Waals surface area contributed by atoms with Crippen molar-refractivity contribution in [1.82, 2.24) is 10.3 Å². The molecule has 0 unspecified atom stereocenters. The van der Waals surface area contributed by atoms with Crippen LogP contribution in [0.4, 0.5) is 0 Å². The number of pyridine rings is 1. The van der Waals surface area contributed by atoms with E-state index in [0.717, 1.165) is 18.7 Å². The van der Waals surface area contributed by atoms with Gasteiger partial charge in [0.2, 0.25) is 0 Å². The van der Waals surface area contributed by atoms with Crippen molar-refractivity contribution >= 4 is 0 Å². The van der Waals surface area contributed by atoms with Crippen molar-refractivity contribution in [3.05, 3.63) is 65.0 Å². The van der Waals surface area contributed by atoms with Crippen LogP contribution >= 0.6 is 0 Å². The van der Waals surface area contributed by atoms with Gasteiger partial charge in [-0.2, -0.15) is 5.26 Å². The van der Waals surface area contributed by atoms with Crippen molar-refractivity contribution in [3.63, 3.8) is 0 Å². The van der Waals surface area contributed by atoms with Gasteiger partial charge in [-0.05, 0) is 47.9 Å². The van der Waals surface area contributed by atoms with E-state index in [-0.39, 0.29) is 0 Å². The second-order valence-electron chi connectivity index (χ2n) is 4.21. The number of nitrogens with one attached hydrogen (secondary N) is 1. The summed E-state index contributed by atoms with van der Waals surface area (Å²) < 4.78 is 0. The molecule has 0 atom stereocenters. The largest absolute Gasteiger partial charge is 0.309 e. The fourth-order valence-corrected chi connectivity index (χ4v) is 1.81. The molecule has 0 aliphatic rings. The third-order valence-electron chi connectivity index (χ3n) is 2.87. The van der Waals surface area contributed by atoms with E-state index in [1.54, 1.807) is 12.4 Å². The van der Waals surface area contributed by atoms with Gasteiger partial charge in [-0.3, -0.25) is 4.98 Å². The van der Waals surface area contributed by atoms with Crippen molar-refractivity contribution in [1.29, 1.82) is 5.26 Å². The molecule has 2 aromatic rings. The van der Waals surface area contributed by atoms with Crippen LogP contribution < -0.4 is 5.32 Å². The first-order chi connectivity index (χ1) is 8.79. The standard InChI is InChI=1S/C15H15N3/c1-12-8-14(9-16)2-3-15(12)11-18-10-13-4-6-17-7-5-13/h2-8,18H,10-11H2,1H3. The highest BCUT2D eigenvalue weighted by Gasteiger charge is 1.99. The lowest BCUT2D eigenvalue weighted by Gasteiger charge is -2.08. The summed E-state index contributed by atoms with van der Waals surface area (Å²) in [7, 11) is 0. The highest BCUT2D eigenvalue weighted by molar-refractivity contribution is 5.37. The molecule has 0 saturated carbocycles. The summed E-state index contributed by atoms with van der Waals surface area (Å²) in [6, 6.07) is 11.9. The van der Waals surface area contributed by atoms with Crippen LogP contribution in [0.15, 0.2) is 42.7 Å². The Kier molecular flexibility index (Phi) is 4.06. The Hall–Kier alpha value is -2.18. The minimum atomic E-state index is 0.713. The Labute approximate surface area is 107 Å². The molecule has 1 aromatic heterocycles. The zero-order valence-electron chi connectivity index (χ0n) is 10.4. The molecule has 0 amide bonds. The summed E-state index contributed by atoms with van der Waals surface area (Å²) in [5.74, 6) is 0. The van der Waals surface area contributed by atoms with Crippen LogP contribution in [0.3, 0.4) is 0 Å². The Morgan fingerprint density at radius 3 is 2.61 bits per heavy atom. The zero-order valence-corrected chi connectivity index (χ0v) is 10.4. The highest BCUT2D eigenvalue weighted by atomic mass is 14.8. The second kappa shape index (κ2) is 5.95. The van der Waals surface area contributed by atoms with Gasteiger partial charge in [-0.25, -0.2) is 0 Å². The van der Waals surface area contributed by atoms with E-state index in [4.69, 9.17) is 5.26 Å². The van der Waals surface area contributed by atoms with Crippen LogP contribution in [0.1, 0.15) is 22.3 Å². The first kappa shape index (κ1) is 12.3. The first-order valence-electron chi connectivity index (χ1n) is 5.89. The first-order valence-corrected chi connectivity index (χ1v) is 5.89. The number of nitrogens with zero attached hydrogens (tertiary/aromatic N) is 2. The normalized spacial score (nSPS) is 10.0. The fraction of sp³-hybridized carbons (Fsp3) is 0.200. The van der Waals surface area contributed by atoms with Crippen LogP contribution in [0.2, 0.25) is 0 Å². The average molecular weight is 237 g/mol. The lowest BCUT2D eigenvalue weighted by molar-refractivity contribution is 0.690. The lowest BCUT2D eigenvalue weighted by atomic mass is 10.1. The SMILES string of the molecule is Cc1cc(C#N)ccc1CNCc1ccncc1. The van der Waals surface area contributed by atoms with Gasteiger partial charge in [0.25, 0.3) is 0 Å². The van der Waals surface area contributed by atoms with Gasteiger partial charge in [0.05, 0.1) is 11.6 Å². The number of hydrogen-bond acceptors (Lipinski definition) is 3. The molecule has 18 heavy (non-hydrogen) atoms. The minimum Gasteiger partial charge on any atom is -0.309 e. The molecule has 0 aliphatic carbocycles. The average Bonchev–Trinajstić information content (AvgIpc) is 2.42. The van der Waals surface area contributed by atoms with Gasteiger partial charge in [-0.15, -0.1) is 0 Å². The third-order valence-corrected chi connectivity index (χ3v) is 2.87. The molecule has 3 heteroatoms. The topological polar surface area (TPSA) is 48.7 Å². The van der Waals surface area contributed by atoms with Gasteiger partial charge < -0.3 is 5.32 Å². The summed E-state index contributed by atoms with van der Waals surface area (Å²) >= 11 is 0. The monoisotopic (exact) mass is 237 g/mol. The molecule has 2 rings (SSSR count). The Bertz CT molecular complexity index is 556. The molecule has 0 bridgehead atoms. The van der Waals surface area contributed by atoms with Crippen LogP contribution in [0, 0.1) is 18.3 Å². The van der Waals surface area contributed by atoms with E-state index in [0.29, 0.717) is 5.56 Å². The minimum absolute atomic E-state index is 0.713. The van der Waals surface area contributed by atoms with Crippen molar-refractivity contribution in [2.24, 2.45) is 0 Å². The third kappa shape index (κ3) is 3.16. The highest BCUT2D eigenvalue weighted by Crippen LogP contribution is 2.10. The molecule has 3 nitrogen and oxygen atoms in total. The maximum Gasteiger partial charge on any atom is 0.0991 e. The van der Waals surface area contributed by atoms with Crippen LogP contribution in [-0.2, 0) is 13.1 Å². The zero-order chi connectivity index (χ0) is 12.8. The molecule has 0 radical (unpaired) electrons. The Morgan fingerprint density at radius 2 is 1.94 bits per heavy atom. The van der Waals surface area contributed by atoms with Crippen molar-refractivity contribution in [2.75, 3.05) is 0 Å². The van der Waals surface area contributed by atoms with Crippen molar-refractivity contribution in [2.45, 2.75) is 20.0 Å². The number of aryl methyl sites for hydroxylation is 1. The van der Waals surface area contributed by atoms with E-state index in [1.807, 2.05) is 37.3 Å². The fourth-order valence-electron chi connectivity index (χ4n) is 1.81. The maximum atomic E-state index is 8.81. The van der Waals surface area contributed by atoms with Gasteiger partial charge in [-0.1, -0.05) is 6.07 Å². The van der Waals surface area contributed by atoms with E-state index in [2.05, 4.69) is 16.4 Å². The van der Waals surface area contributed by atoms with Crippen LogP contribution in [0.25, 0.3) is 0 Å². The maximum absolute atomic E-state index is 8.81. The summed E-state index contributed by atoms with van der Waals surface area (Å²) in [5, 5.41) is 12.2. The summed E-state index contributed by atoms with van der Waals surface area (Å²) in [4.78, 5) is 3.99. The smallest absolute Gasteiger partial charge is 0.0991 e. The molecule has 0 spiro atoms. The summed E-state index contributed by atoms with van der Waals surface area (Å²) in [5.41, 5.74) is 4.31. The van der Waals surface area contributed by atoms with E-state index >= 15 is 0 Å². The van der Waals surface area contributed by atoms with Gasteiger partial charge >= 0.3 is 0 Å². The predicted molar refractivity (Wildman–Crippen MR) is 70.7 cm³/mol. The molecule has 0 saturated heterocycles. The number of nitriles is 1. The molecule has 0 fully saturated rings. The number of aromatic nitrogens is 1. The number of benzene rings is 1. The van der Waals surface area contributed by atoms with Crippen molar-refractivity contribution < 1.29 is 0 Å². The quantitative estimate of drug-likeness (QED) is 0.889. The summed E-state index contributed by atoms with van der Waals surface area (Å²) in [6.45, 7) is 3.66. The Balaban J connectivity index is 1.93. The van der Waals surface area contributed by atoms with Crippen LogP contribution in [-0.4, -0.2) is 4.98 Å².